The molecule has 2 aromatic rings. The zero-order valence-electron chi connectivity index (χ0n) is 8.45. The molecule has 6 heteroatoms. The number of ketones is 1. The summed E-state index contributed by atoms with van der Waals surface area (Å²) in [5, 5.41) is 5.89. The van der Waals surface area contributed by atoms with Gasteiger partial charge in [0.15, 0.2) is 0 Å². The number of halogens is 3. The predicted octanol–water partition coefficient (Wildman–Crippen LogP) is 2.82. The van der Waals surface area contributed by atoms with Gasteiger partial charge in [-0.2, -0.15) is 18.3 Å². The number of Topliss-reactive ketones (excluding diaryl/α,β-unsaturated/α-hetero) is 1. The van der Waals surface area contributed by atoms with E-state index in [-0.39, 0.29) is 5.69 Å². The van der Waals surface area contributed by atoms with Gasteiger partial charge >= 0.3 is 6.18 Å². The summed E-state index contributed by atoms with van der Waals surface area (Å²) in [6.07, 6.45) is -4.01. The molecule has 0 unspecified atom stereocenters. The smallest absolute Gasteiger partial charge is 0.284 e. The Morgan fingerprint density at radius 2 is 1.82 bits per heavy atom. The minimum Gasteiger partial charge on any atom is -0.284 e. The molecule has 0 fully saturated rings. The van der Waals surface area contributed by atoms with Gasteiger partial charge in [-0.25, -0.2) is 0 Å². The topological polar surface area (TPSA) is 45.8 Å². The molecule has 0 radical (unpaired) electrons. The molecule has 88 valence electrons. The van der Waals surface area contributed by atoms with Crippen LogP contribution in [0.2, 0.25) is 0 Å². The second-order valence-electron chi connectivity index (χ2n) is 3.35. The van der Waals surface area contributed by atoms with E-state index < -0.39 is 17.5 Å². The molecule has 0 atom stereocenters. The number of nitrogens with one attached hydrogen (secondary N) is 1. The van der Waals surface area contributed by atoms with Crippen molar-refractivity contribution in [3.63, 3.8) is 0 Å². The Bertz CT molecular complexity index is 531. The SMILES string of the molecule is O=C(c1cn[nH]c1-c1ccccc1)C(F)(F)F. The second-order valence-corrected chi connectivity index (χ2v) is 3.35. The number of nitrogens with zero attached hydrogens (tertiary/aromatic N) is 1. The summed E-state index contributed by atoms with van der Waals surface area (Å²) in [4.78, 5) is 11.1. The summed E-state index contributed by atoms with van der Waals surface area (Å²) < 4.78 is 37.0. The lowest BCUT2D eigenvalue weighted by atomic mass is 10.1. The first kappa shape index (κ1) is 11.4. The van der Waals surface area contributed by atoms with Crippen molar-refractivity contribution < 1.29 is 18.0 Å². The molecule has 1 N–H and O–H groups in total. The van der Waals surface area contributed by atoms with Gasteiger partial charge in [0.1, 0.15) is 0 Å². The van der Waals surface area contributed by atoms with Crippen LogP contribution in [-0.2, 0) is 0 Å². The maximum absolute atomic E-state index is 12.3. The van der Waals surface area contributed by atoms with Gasteiger partial charge in [-0.15, -0.1) is 0 Å². The number of aromatic amines is 1. The number of alkyl halides is 3. The predicted molar refractivity (Wildman–Crippen MR) is 54.4 cm³/mol. The highest BCUT2D eigenvalue weighted by atomic mass is 19.4. The molecule has 0 aliphatic heterocycles. The van der Waals surface area contributed by atoms with Gasteiger partial charge in [-0.1, -0.05) is 30.3 Å². The Morgan fingerprint density at radius 1 is 1.18 bits per heavy atom. The normalized spacial score (nSPS) is 11.5. The molecule has 2 rings (SSSR count). The highest BCUT2D eigenvalue weighted by Crippen LogP contribution is 2.27. The van der Waals surface area contributed by atoms with E-state index >= 15 is 0 Å². The van der Waals surface area contributed by atoms with Gasteiger partial charge in [-0.05, 0) is 0 Å². The van der Waals surface area contributed by atoms with E-state index in [4.69, 9.17) is 0 Å². The first-order valence-corrected chi connectivity index (χ1v) is 4.70. The Kier molecular flexibility index (Phi) is 2.71. The minimum atomic E-state index is -4.90. The maximum atomic E-state index is 12.3. The van der Waals surface area contributed by atoms with E-state index in [0.717, 1.165) is 6.20 Å². The minimum absolute atomic E-state index is 0.0768. The van der Waals surface area contributed by atoms with Crippen molar-refractivity contribution >= 4 is 5.78 Å². The lowest BCUT2D eigenvalue weighted by molar-refractivity contribution is -0.0884. The molecule has 0 aliphatic carbocycles. The number of rotatable bonds is 2. The summed E-state index contributed by atoms with van der Waals surface area (Å²) in [5.74, 6) is -1.90. The fourth-order valence-corrected chi connectivity index (χ4v) is 1.44. The third-order valence-electron chi connectivity index (χ3n) is 2.20. The average Bonchev–Trinajstić information content (AvgIpc) is 2.76. The Morgan fingerprint density at radius 3 is 2.41 bits per heavy atom. The van der Waals surface area contributed by atoms with Crippen LogP contribution in [0.3, 0.4) is 0 Å². The van der Waals surface area contributed by atoms with Crippen LogP contribution in [0, 0.1) is 0 Å². The van der Waals surface area contributed by atoms with Crippen LogP contribution in [0.15, 0.2) is 36.5 Å². The summed E-state index contributed by atoms with van der Waals surface area (Å²) in [7, 11) is 0. The largest absolute Gasteiger partial charge is 0.455 e. The van der Waals surface area contributed by atoms with Gasteiger partial charge < -0.3 is 0 Å². The highest BCUT2D eigenvalue weighted by molar-refractivity contribution is 6.04. The van der Waals surface area contributed by atoms with Crippen molar-refractivity contribution in [3.05, 3.63) is 42.1 Å². The fourth-order valence-electron chi connectivity index (χ4n) is 1.44. The van der Waals surface area contributed by atoms with Crippen LogP contribution in [0.5, 0.6) is 0 Å². The number of carbonyl (C=O) groups is 1. The van der Waals surface area contributed by atoms with E-state index in [1.807, 2.05) is 0 Å². The number of H-pyrrole nitrogens is 1. The van der Waals surface area contributed by atoms with E-state index in [0.29, 0.717) is 5.56 Å². The van der Waals surface area contributed by atoms with Gasteiger partial charge in [0.25, 0.3) is 5.78 Å². The standard InChI is InChI=1S/C11H7F3N2O/c12-11(13,14)10(17)8-6-15-16-9(8)7-4-2-1-3-5-7/h1-6H,(H,15,16). The van der Waals surface area contributed by atoms with Crippen molar-refractivity contribution in [1.82, 2.24) is 10.2 Å². The number of hydrogen-bond donors (Lipinski definition) is 1. The summed E-state index contributed by atoms with van der Waals surface area (Å²) in [5.41, 5.74) is 0.0919. The third-order valence-corrected chi connectivity index (χ3v) is 2.20. The quantitative estimate of drug-likeness (QED) is 0.820. The third kappa shape index (κ3) is 2.20. The molecule has 17 heavy (non-hydrogen) atoms. The van der Waals surface area contributed by atoms with Gasteiger partial charge in [0.2, 0.25) is 0 Å². The zero-order valence-corrected chi connectivity index (χ0v) is 8.45. The highest BCUT2D eigenvalue weighted by Gasteiger charge is 2.41. The molecule has 3 nitrogen and oxygen atoms in total. The van der Waals surface area contributed by atoms with Gasteiger partial charge in [-0.3, -0.25) is 9.89 Å². The molecule has 0 aliphatic rings. The zero-order chi connectivity index (χ0) is 12.5. The molecule has 0 saturated carbocycles. The van der Waals surface area contributed by atoms with Crippen LogP contribution >= 0.6 is 0 Å². The fraction of sp³-hybridized carbons (Fsp3) is 0.0909. The molecule has 0 bridgehead atoms. The summed E-state index contributed by atoms with van der Waals surface area (Å²) >= 11 is 0. The van der Waals surface area contributed by atoms with E-state index in [2.05, 4.69) is 10.2 Å². The monoisotopic (exact) mass is 240 g/mol. The second kappa shape index (κ2) is 4.04. The number of hydrogen-bond acceptors (Lipinski definition) is 2. The van der Waals surface area contributed by atoms with Crippen LogP contribution in [0.4, 0.5) is 13.2 Å². The van der Waals surface area contributed by atoms with Crippen molar-refractivity contribution in [3.8, 4) is 11.3 Å². The number of aromatic nitrogens is 2. The van der Waals surface area contributed by atoms with Crippen molar-refractivity contribution in [2.24, 2.45) is 0 Å². The Balaban J connectivity index is 2.46. The molecular weight excluding hydrogens is 233 g/mol. The molecule has 0 amide bonds. The molecule has 0 spiro atoms. The van der Waals surface area contributed by atoms with Crippen LogP contribution in [0.25, 0.3) is 11.3 Å². The molecule has 0 saturated heterocycles. The number of benzene rings is 1. The number of carbonyl (C=O) groups excluding carboxylic acids is 1. The van der Waals surface area contributed by atoms with Crippen molar-refractivity contribution in [2.45, 2.75) is 6.18 Å². The Labute approximate surface area is 94.3 Å². The summed E-state index contributed by atoms with van der Waals surface area (Å²) in [6.45, 7) is 0. The Hall–Kier alpha value is -2.11. The molecule has 1 aromatic heterocycles. The van der Waals surface area contributed by atoms with Crippen LogP contribution in [-0.4, -0.2) is 22.2 Å². The van der Waals surface area contributed by atoms with E-state index in [1.165, 1.54) is 0 Å². The van der Waals surface area contributed by atoms with Crippen LogP contribution in [0.1, 0.15) is 10.4 Å². The van der Waals surface area contributed by atoms with Gasteiger partial charge in [0.05, 0.1) is 17.5 Å². The lowest BCUT2D eigenvalue weighted by Crippen LogP contribution is -2.22. The van der Waals surface area contributed by atoms with E-state index in [1.54, 1.807) is 30.3 Å². The summed E-state index contributed by atoms with van der Waals surface area (Å²) in [6, 6.07) is 8.25. The van der Waals surface area contributed by atoms with Crippen molar-refractivity contribution in [1.29, 1.82) is 0 Å². The van der Waals surface area contributed by atoms with Crippen molar-refractivity contribution in [2.75, 3.05) is 0 Å². The average molecular weight is 240 g/mol. The first-order valence-electron chi connectivity index (χ1n) is 4.70. The van der Waals surface area contributed by atoms with Crippen LogP contribution < -0.4 is 0 Å². The van der Waals surface area contributed by atoms with E-state index in [9.17, 15) is 18.0 Å². The molecular formula is C11H7F3N2O. The van der Waals surface area contributed by atoms with Gasteiger partial charge in [0, 0.05) is 5.56 Å². The molecule has 1 aromatic carbocycles. The molecule has 1 heterocycles. The maximum Gasteiger partial charge on any atom is 0.455 e. The lowest BCUT2D eigenvalue weighted by Gasteiger charge is -2.05. The first-order chi connectivity index (χ1) is 8.00.